The fourth-order valence-electron chi connectivity index (χ4n) is 2.87. The first-order chi connectivity index (χ1) is 14.8. The lowest BCUT2D eigenvalue weighted by molar-refractivity contribution is -0.202. The molecule has 0 saturated heterocycles. The number of phosphoric ester groups is 1. The van der Waals surface area contributed by atoms with Crippen molar-refractivity contribution in [3.05, 3.63) is 0 Å². The smallest absolute Gasteiger partial charge is 0.472 e. The molecule has 0 aromatic heterocycles. The van der Waals surface area contributed by atoms with Gasteiger partial charge in [0.2, 0.25) is 0 Å². The highest BCUT2D eigenvalue weighted by Gasteiger charge is 2.25. The maximum atomic E-state index is 12.4. The van der Waals surface area contributed by atoms with E-state index in [2.05, 4.69) is 18.4 Å². The Balaban J connectivity index is 4.50. The summed E-state index contributed by atoms with van der Waals surface area (Å²) in [5.41, 5.74) is 0. The molecule has 188 valence electrons. The Bertz CT molecular complexity index is 510. The lowest BCUT2D eigenvalue weighted by atomic mass is 10.1. The Kier molecular flexibility index (Phi) is 20.4. The zero-order chi connectivity index (χ0) is 23.4. The first-order valence-corrected chi connectivity index (χ1v) is 15.9. The molecule has 0 aliphatic carbocycles. The van der Waals surface area contributed by atoms with Gasteiger partial charge in [-0.1, -0.05) is 71.6 Å². The van der Waals surface area contributed by atoms with Gasteiger partial charge in [-0.05, 0) is 18.6 Å². The van der Waals surface area contributed by atoms with E-state index in [-0.39, 0.29) is 19.4 Å². The van der Waals surface area contributed by atoms with Crippen LogP contribution in [0.25, 0.3) is 0 Å². The molecule has 11 heteroatoms. The van der Waals surface area contributed by atoms with Gasteiger partial charge in [-0.2, -0.15) is 11.8 Å². The molecule has 0 aliphatic rings. The number of hydrogen-bond donors (Lipinski definition) is 2. The number of unbranched alkanes of at least 4 members (excludes halogenated alkanes) is 9. The number of hydrogen-bond acceptors (Lipinski definition) is 8. The van der Waals surface area contributed by atoms with Gasteiger partial charge in [-0.15, -0.1) is 0 Å². The largest absolute Gasteiger partial charge is 0.778 e. The number of phosphoric acid groups is 1. The highest BCUT2D eigenvalue weighted by Crippen LogP contribution is 2.45. The molecule has 8 nitrogen and oxygen atoms in total. The highest BCUT2D eigenvalue weighted by molar-refractivity contribution is 7.99. The van der Waals surface area contributed by atoms with Crippen LogP contribution in [0.4, 0.5) is 0 Å². The van der Waals surface area contributed by atoms with Crippen LogP contribution in [-0.2, 0) is 22.7 Å². The van der Waals surface area contributed by atoms with Gasteiger partial charge in [0.1, 0.15) is 7.60 Å². The number of thioether (sulfide) groups is 1. The van der Waals surface area contributed by atoms with Gasteiger partial charge < -0.3 is 24.0 Å². The number of rotatable bonds is 23. The van der Waals surface area contributed by atoms with Gasteiger partial charge in [0.25, 0.3) is 0 Å². The molecule has 0 aromatic carbocycles. The Hall–Kier alpha value is 0.570. The van der Waals surface area contributed by atoms with Crippen molar-refractivity contribution in [1.29, 1.82) is 0 Å². The first kappa shape index (κ1) is 31.6. The van der Waals surface area contributed by atoms with Crippen LogP contribution in [0.5, 0.6) is 0 Å². The predicted molar refractivity (Wildman–Crippen MR) is 126 cm³/mol. The maximum Gasteiger partial charge on any atom is 0.472 e. The third kappa shape index (κ3) is 20.9. The molecule has 0 aliphatic heterocycles. The molecule has 0 saturated carbocycles. The molecular weight excluding hydrogens is 462 g/mol. The van der Waals surface area contributed by atoms with Gasteiger partial charge in [0.05, 0.1) is 25.9 Å². The summed E-state index contributed by atoms with van der Waals surface area (Å²) >= 11 is 1.55. The Labute approximate surface area is 193 Å². The molecule has 0 fully saturated rings. The molecule has 0 amide bonds. The van der Waals surface area contributed by atoms with E-state index in [1.165, 1.54) is 25.7 Å². The van der Waals surface area contributed by atoms with Crippen LogP contribution in [0.1, 0.15) is 84.5 Å². The summed E-state index contributed by atoms with van der Waals surface area (Å²) in [7, 11) is -8.43. The van der Waals surface area contributed by atoms with Gasteiger partial charge >= 0.3 is 7.82 Å². The molecule has 31 heavy (non-hydrogen) atoms. The average Bonchev–Trinajstić information content (AvgIpc) is 2.72. The van der Waals surface area contributed by atoms with Crippen LogP contribution in [0.15, 0.2) is 0 Å². The van der Waals surface area contributed by atoms with E-state index >= 15 is 0 Å². The Morgan fingerprint density at radius 2 is 1.48 bits per heavy atom. The van der Waals surface area contributed by atoms with E-state index in [1.54, 1.807) is 11.8 Å². The fraction of sp³-hybridized carbons (Fsp3) is 1.00. The van der Waals surface area contributed by atoms with E-state index in [0.29, 0.717) is 12.2 Å². The van der Waals surface area contributed by atoms with Crippen molar-refractivity contribution in [2.45, 2.75) is 90.6 Å². The van der Waals surface area contributed by atoms with Crippen molar-refractivity contribution in [2.75, 3.05) is 37.5 Å². The minimum Gasteiger partial charge on any atom is -0.778 e. The minimum atomic E-state index is -4.36. The average molecular weight is 506 g/mol. The zero-order valence-corrected chi connectivity index (χ0v) is 21.9. The molecule has 0 aromatic rings. The Morgan fingerprint density at radius 1 is 0.903 bits per heavy atom. The summed E-state index contributed by atoms with van der Waals surface area (Å²) < 4.78 is 39.0. The molecular formula is C20H43O8P2S-. The lowest BCUT2D eigenvalue weighted by Gasteiger charge is -2.29. The predicted octanol–water partition coefficient (Wildman–Crippen LogP) is 5.12. The van der Waals surface area contributed by atoms with Crippen molar-refractivity contribution >= 4 is 27.2 Å². The SMILES string of the molecule is CCCCCCCCSC[C@H](COP(=O)(O)OCCO)OP(=O)([O-])CCCCCCC. The van der Waals surface area contributed by atoms with Crippen molar-refractivity contribution in [3.8, 4) is 0 Å². The summed E-state index contributed by atoms with van der Waals surface area (Å²) in [6.07, 6.45) is 10.7. The molecule has 0 heterocycles. The first-order valence-electron chi connectivity index (χ1n) is 11.5. The second kappa shape index (κ2) is 20.0. The maximum absolute atomic E-state index is 12.4. The van der Waals surface area contributed by atoms with Gasteiger partial charge in [-0.25, -0.2) is 4.57 Å². The van der Waals surface area contributed by atoms with E-state index in [1.807, 2.05) is 0 Å². The zero-order valence-electron chi connectivity index (χ0n) is 19.2. The minimum absolute atomic E-state index is 0.0485. The van der Waals surface area contributed by atoms with E-state index in [9.17, 15) is 18.9 Å². The topological polar surface area (TPSA) is 125 Å². The molecule has 2 N–H and O–H groups in total. The van der Waals surface area contributed by atoms with E-state index in [4.69, 9.17) is 14.2 Å². The standard InChI is InChI=1S/C20H44O8P2S/c1-3-5-7-9-11-13-17-31-19-20(18-27-30(24,25)26-15-14-21)28-29(22,23)16-12-10-8-6-4-2/h20-21H,3-19H2,1-2H3,(H,22,23)(H,24,25)/p-1/t20-/m0/s1. The van der Waals surface area contributed by atoms with Crippen LogP contribution >= 0.6 is 27.2 Å². The lowest BCUT2D eigenvalue weighted by Crippen LogP contribution is -2.25. The summed E-state index contributed by atoms with van der Waals surface area (Å²) in [4.78, 5) is 22.0. The van der Waals surface area contributed by atoms with Crippen LogP contribution in [0, 0.1) is 0 Å². The van der Waals surface area contributed by atoms with Crippen molar-refractivity contribution in [2.24, 2.45) is 0 Å². The summed E-state index contributed by atoms with van der Waals surface area (Å²) in [6.45, 7) is 3.14. The van der Waals surface area contributed by atoms with Gasteiger partial charge in [0, 0.05) is 11.9 Å². The molecule has 2 unspecified atom stereocenters. The van der Waals surface area contributed by atoms with Gasteiger partial charge in [0.15, 0.2) is 0 Å². The highest BCUT2D eigenvalue weighted by atomic mass is 32.2. The molecule has 0 radical (unpaired) electrons. The Morgan fingerprint density at radius 3 is 2.10 bits per heavy atom. The number of aliphatic hydroxyl groups is 1. The molecule has 0 bridgehead atoms. The van der Waals surface area contributed by atoms with Crippen molar-refractivity contribution in [1.82, 2.24) is 0 Å². The van der Waals surface area contributed by atoms with Crippen molar-refractivity contribution < 1.29 is 37.6 Å². The van der Waals surface area contributed by atoms with Crippen LogP contribution in [-0.4, -0.2) is 53.6 Å². The van der Waals surface area contributed by atoms with Gasteiger partial charge in [-0.3, -0.25) is 9.05 Å². The summed E-state index contributed by atoms with van der Waals surface area (Å²) in [5, 5.41) is 8.71. The number of aliphatic hydroxyl groups excluding tert-OH is 1. The second-order valence-electron chi connectivity index (χ2n) is 7.64. The van der Waals surface area contributed by atoms with Crippen LogP contribution in [0.2, 0.25) is 0 Å². The van der Waals surface area contributed by atoms with E-state index < -0.39 is 28.1 Å². The molecule has 0 spiro atoms. The monoisotopic (exact) mass is 505 g/mol. The third-order valence-electron chi connectivity index (χ3n) is 4.56. The normalized spacial score (nSPS) is 16.7. The molecule has 3 atom stereocenters. The summed E-state index contributed by atoms with van der Waals surface area (Å²) in [5.74, 6) is 1.21. The van der Waals surface area contributed by atoms with E-state index in [0.717, 1.165) is 44.3 Å². The van der Waals surface area contributed by atoms with Crippen molar-refractivity contribution in [3.63, 3.8) is 0 Å². The fourth-order valence-corrected chi connectivity index (χ4v) is 6.02. The quantitative estimate of drug-likeness (QED) is 0.144. The third-order valence-corrected chi connectivity index (χ3v) is 8.21. The van der Waals surface area contributed by atoms with Crippen LogP contribution < -0.4 is 4.89 Å². The second-order valence-corrected chi connectivity index (χ2v) is 12.1. The molecule has 0 rings (SSSR count). The summed E-state index contributed by atoms with van der Waals surface area (Å²) in [6, 6.07) is 0. The van der Waals surface area contributed by atoms with Crippen LogP contribution in [0.3, 0.4) is 0 Å².